The van der Waals surface area contributed by atoms with E-state index in [0.29, 0.717) is 17.0 Å². The molecule has 6 heteroatoms. The number of ether oxygens (including phenoxy) is 1. The lowest BCUT2D eigenvalue weighted by molar-refractivity contribution is -0.384. The molecule has 0 aliphatic rings. The van der Waals surface area contributed by atoms with Crippen LogP contribution in [0.2, 0.25) is 0 Å². The number of benzene rings is 2. The molecule has 0 atom stereocenters. The van der Waals surface area contributed by atoms with Crippen LogP contribution in [-0.4, -0.2) is 24.2 Å². The van der Waals surface area contributed by atoms with Crippen molar-refractivity contribution >= 4 is 17.1 Å². The summed E-state index contributed by atoms with van der Waals surface area (Å²) in [5.74, 6) is 0.675. The van der Waals surface area contributed by atoms with Gasteiger partial charge in [0.25, 0.3) is 5.69 Å². The second kappa shape index (κ2) is 6.23. The first-order chi connectivity index (χ1) is 10.1. The molecule has 6 nitrogen and oxygen atoms in total. The molecule has 0 spiro atoms. The van der Waals surface area contributed by atoms with Crippen LogP contribution in [0.15, 0.2) is 42.5 Å². The minimum absolute atomic E-state index is 0.0492. The Kier molecular flexibility index (Phi) is 4.39. The smallest absolute Gasteiger partial charge is 0.293 e. The van der Waals surface area contributed by atoms with E-state index in [1.54, 1.807) is 43.3 Å². The normalized spacial score (nSPS) is 10.2. The Morgan fingerprint density at radius 3 is 2.67 bits per heavy atom. The van der Waals surface area contributed by atoms with Gasteiger partial charge in [-0.25, -0.2) is 0 Å². The molecular formula is C15H16N2O4. The Morgan fingerprint density at radius 1 is 1.29 bits per heavy atom. The zero-order valence-corrected chi connectivity index (χ0v) is 11.8. The molecule has 0 radical (unpaired) electrons. The van der Waals surface area contributed by atoms with Gasteiger partial charge in [0.1, 0.15) is 11.4 Å². The maximum Gasteiger partial charge on any atom is 0.293 e. The minimum Gasteiger partial charge on any atom is -0.497 e. The van der Waals surface area contributed by atoms with E-state index in [-0.39, 0.29) is 12.3 Å². The van der Waals surface area contributed by atoms with Gasteiger partial charge in [-0.05, 0) is 23.8 Å². The molecule has 0 aliphatic heterocycles. The van der Waals surface area contributed by atoms with Gasteiger partial charge in [-0.3, -0.25) is 10.1 Å². The molecule has 0 amide bonds. The highest BCUT2D eigenvalue weighted by Crippen LogP contribution is 2.34. The van der Waals surface area contributed by atoms with Crippen LogP contribution in [0.4, 0.5) is 17.1 Å². The number of nitro groups is 1. The van der Waals surface area contributed by atoms with Crippen LogP contribution in [0, 0.1) is 10.1 Å². The number of nitrogens with zero attached hydrogens (tertiary/aromatic N) is 2. The molecule has 21 heavy (non-hydrogen) atoms. The number of methoxy groups -OCH3 is 1. The summed E-state index contributed by atoms with van der Waals surface area (Å²) in [5.41, 5.74) is 1.68. The summed E-state index contributed by atoms with van der Waals surface area (Å²) < 4.78 is 5.16. The van der Waals surface area contributed by atoms with Gasteiger partial charge in [0.2, 0.25) is 0 Å². The van der Waals surface area contributed by atoms with Crippen molar-refractivity contribution < 1.29 is 14.8 Å². The van der Waals surface area contributed by atoms with E-state index in [4.69, 9.17) is 9.84 Å². The lowest BCUT2D eigenvalue weighted by Gasteiger charge is -2.20. The van der Waals surface area contributed by atoms with E-state index in [0.717, 1.165) is 5.69 Å². The standard InChI is InChI=1S/C15H16N2O4/c1-16(12-4-3-5-13(9-12)21-2)14-7-6-11(10-18)8-15(14)17(19)20/h3-9,18H,10H2,1-2H3. The molecule has 0 fully saturated rings. The van der Waals surface area contributed by atoms with Gasteiger partial charge in [0.05, 0.1) is 18.6 Å². The molecule has 0 aliphatic carbocycles. The third-order valence-corrected chi connectivity index (χ3v) is 3.22. The van der Waals surface area contributed by atoms with E-state index < -0.39 is 4.92 Å². The quantitative estimate of drug-likeness (QED) is 0.676. The Balaban J connectivity index is 2.46. The number of nitro benzene ring substituents is 1. The van der Waals surface area contributed by atoms with Crippen LogP contribution >= 0.6 is 0 Å². The Bertz CT molecular complexity index is 658. The van der Waals surface area contributed by atoms with E-state index in [2.05, 4.69) is 0 Å². The predicted molar refractivity (Wildman–Crippen MR) is 80.1 cm³/mol. The van der Waals surface area contributed by atoms with E-state index >= 15 is 0 Å². The number of hydrogen-bond acceptors (Lipinski definition) is 5. The fraction of sp³-hybridized carbons (Fsp3) is 0.200. The minimum atomic E-state index is -0.453. The van der Waals surface area contributed by atoms with Gasteiger partial charge in [-0.2, -0.15) is 0 Å². The summed E-state index contributed by atoms with van der Waals surface area (Å²) in [4.78, 5) is 12.5. The molecule has 110 valence electrons. The van der Waals surface area contributed by atoms with Gasteiger partial charge in [-0.1, -0.05) is 12.1 Å². The largest absolute Gasteiger partial charge is 0.497 e. The van der Waals surface area contributed by atoms with Crippen molar-refractivity contribution in [1.82, 2.24) is 0 Å². The molecule has 0 unspecified atom stereocenters. The van der Waals surface area contributed by atoms with E-state index in [1.165, 1.54) is 6.07 Å². The van der Waals surface area contributed by atoms with Crippen molar-refractivity contribution in [2.45, 2.75) is 6.61 Å². The number of rotatable bonds is 5. The van der Waals surface area contributed by atoms with Gasteiger partial charge in [0, 0.05) is 24.9 Å². The number of anilines is 2. The zero-order chi connectivity index (χ0) is 15.4. The number of hydrogen-bond donors (Lipinski definition) is 1. The van der Waals surface area contributed by atoms with Crippen molar-refractivity contribution in [3.8, 4) is 5.75 Å². The van der Waals surface area contributed by atoms with Crippen LogP contribution in [0.25, 0.3) is 0 Å². The Labute approximate surface area is 122 Å². The fourth-order valence-corrected chi connectivity index (χ4v) is 2.06. The van der Waals surface area contributed by atoms with Gasteiger partial charge in [-0.15, -0.1) is 0 Å². The topological polar surface area (TPSA) is 75.8 Å². The molecule has 0 heterocycles. The van der Waals surface area contributed by atoms with E-state index in [9.17, 15) is 10.1 Å². The average Bonchev–Trinajstić information content (AvgIpc) is 2.53. The van der Waals surface area contributed by atoms with Gasteiger partial charge in [0.15, 0.2) is 0 Å². The van der Waals surface area contributed by atoms with Crippen molar-refractivity contribution in [2.24, 2.45) is 0 Å². The highest BCUT2D eigenvalue weighted by molar-refractivity contribution is 5.72. The summed E-state index contributed by atoms with van der Waals surface area (Å²) in [7, 11) is 3.31. The maximum atomic E-state index is 11.2. The summed E-state index contributed by atoms with van der Waals surface area (Å²) in [6, 6.07) is 11.9. The fourth-order valence-electron chi connectivity index (χ4n) is 2.06. The monoisotopic (exact) mass is 288 g/mol. The first kappa shape index (κ1) is 14.8. The number of aliphatic hydroxyl groups is 1. The highest BCUT2D eigenvalue weighted by atomic mass is 16.6. The first-order valence-electron chi connectivity index (χ1n) is 6.32. The second-order valence-electron chi connectivity index (χ2n) is 4.50. The summed E-state index contributed by atoms with van der Waals surface area (Å²) in [6.07, 6.45) is 0. The zero-order valence-electron chi connectivity index (χ0n) is 11.8. The highest BCUT2D eigenvalue weighted by Gasteiger charge is 2.19. The molecule has 1 N–H and O–H groups in total. The molecule has 0 saturated carbocycles. The van der Waals surface area contributed by atoms with Crippen molar-refractivity contribution in [3.63, 3.8) is 0 Å². The lowest BCUT2D eigenvalue weighted by atomic mass is 10.1. The van der Waals surface area contributed by atoms with Crippen LogP contribution in [0.1, 0.15) is 5.56 Å². The summed E-state index contributed by atoms with van der Waals surface area (Å²) in [5, 5.41) is 20.3. The molecule has 2 aromatic rings. The lowest BCUT2D eigenvalue weighted by Crippen LogP contribution is -2.12. The second-order valence-corrected chi connectivity index (χ2v) is 4.50. The molecular weight excluding hydrogens is 272 g/mol. The van der Waals surface area contributed by atoms with Crippen molar-refractivity contribution in [2.75, 3.05) is 19.1 Å². The predicted octanol–water partition coefficient (Wildman–Crippen LogP) is 2.86. The SMILES string of the molecule is COc1cccc(N(C)c2ccc(CO)cc2[N+](=O)[O-])c1. The summed E-state index contributed by atoms with van der Waals surface area (Å²) in [6.45, 7) is -0.232. The Morgan fingerprint density at radius 2 is 2.05 bits per heavy atom. The average molecular weight is 288 g/mol. The Hall–Kier alpha value is -2.60. The van der Waals surface area contributed by atoms with Crippen LogP contribution < -0.4 is 9.64 Å². The van der Waals surface area contributed by atoms with Gasteiger partial charge < -0.3 is 14.7 Å². The summed E-state index contributed by atoms with van der Waals surface area (Å²) >= 11 is 0. The van der Waals surface area contributed by atoms with Crippen LogP contribution in [-0.2, 0) is 6.61 Å². The van der Waals surface area contributed by atoms with Crippen molar-refractivity contribution in [1.29, 1.82) is 0 Å². The van der Waals surface area contributed by atoms with Crippen molar-refractivity contribution in [3.05, 3.63) is 58.1 Å². The molecule has 0 saturated heterocycles. The van der Waals surface area contributed by atoms with Crippen LogP contribution in [0.3, 0.4) is 0 Å². The molecule has 2 rings (SSSR count). The molecule has 0 bridgehead atoms. The third-order valence-electron chi connectivity index (χ3n) is 3.22. The maximum absolute atomic E-state index is 11.2. The van der Waals surface area contributed by atoms with E-state index in [1.807, 2.05) is 12.1 Å². The third kappa shape index (κ3) is 3.11. The van der Waals surface area contributed by atoms with Gasteiger partial charge >= 0.3 is 0 Å². The first-order valence-corrected chi connectivity index (χ1v) is 6.32. The number of aliphatic hydroxyl groups excluding tert-OH is 1. The van der Waals surface area contributed by atoms with Crippen LogP contribution in [0.5, 0.6) is 5.75 Å². The molecule has 2 aromatic carbocycles. The molecule has 0 aromatic heterocycles.